The number of ether oxygens (including phenoxy) is 2. The van der Waals surface area contributed by atoms with Gasteiger partial charge in [-0.25, -0.2) is 0 Å². The highest BCUT2D eigenvalue weighted by Gasteiger charge is 2.30. The van der Waals surface area contributed by atoms with Gasteiger partial charge in [0.15, 0.2) is 5.76 Å². The maximum Gasteiger partial charge on any atom is 0.316 e. The van der Waals surface area contributed by atoms with Gasteiger partial charge in [0.25, 0.3) is 0 Å². The van der Waals surface area contributed by atoms with Crippen LogP contribution in [0.2, 0.25) is 0 Å². The molecule has 4 rings (SSSR count). The van der Waals surface area contributed by atoms with E-state index >= 15 is 0 Å². The van der Waals surface area contributed by atoms with Crippen LogP contribution in [0, 0.1) is 6.92 Å². The molecule has 0 radical (unpaired) electrons. The molecular weight excluding hydrogens is 384 g/mol. The predicted octanol–water partition coefficient (Wildman–Crippen LogP) is 5.38. The Hall–Kier alpha value is -3.44. The number of rotatable bonds is 5. The lowest BCUT2D eigenvalue weighted by Gasteiger charge is -2.09. The van der Waals surface area contributed by atoms with E-state index in [1.165, 1.54) is 11.3 Å². The molecule has 0 aliphatic carbocycles. The monoisotopic (exact) mass is 402 g/mol. The first-order valence-corrected chi connectivity index (χ1v) is 10.0. The van der Waals surface area contributed by atoms with E-state index in [1.807, 2.05) is 53.9 Å². The molecule has 4 nitrogen and oxygen atoms in total. The Morgan fingerprint density at radius 3 is 2.69 bits per heavy atom. The molecule has 0 amide bonds. The van der Waals surface area contributed by atoms with Crippen molar-refractivity contribution < 1.29 is 19.1 Å². The van der Waals surface area contributed by atoms with E-state index in [2.05, 4.69) is 0 Å². The third-order valence-electron chi connectivity index (χ3n) is 4.49. The van der Waals surface area contributed by atoms with Crippen LogP contribution in [0.4, 0.5) is 0 Å². The molecule has 0 saturated heterocycles. The van der Waals surface area contributed by atoms with Crippen molar-refractivity contribution in [2.24, 2.45) is 0 Å². The van der Waals surface area contributed by atoms with E-state index in [0.29, 0.717) is 22.6 Å². The Labute approximate surface area is 172 Å². The van der Waals surface area contributed by atoms with Gasteiger partial charge in [-0.05, 0) is 42.1 Å². The highest BCUT2D eigenvalue weighted by molar-refractivity contribution is 7.10. The molecule has 144 valence electrons. The number of fused-ring (bicyclic) bond motifs is 1. The van der Waals surface area contributed by atoms with Gasteiger partial charge in [0.05, 0.1) is 12.0 Å². The summed E-state index contributed by atoms with van der Waals surface area (Å²) in [4.78, 5) is 25.7. The summed E-state index contributed by atoms with van der Waals surface area (Å²) in [6.45, 7) is 1.78. The number of ketones is 1. The summed E-state index contributed by atoms with van der Waals surface area (Å²) in [7, 11) is 0. The first-order valence-electron chi connectivity index (χ1n) is 9.14. The predicted molar refractivity (Wildman–Crippen MR) is 113 cm³/mol. The summed E-state index contributed by atoms with van der Waals surface area (Å²) >= 11 is 1.51. The quantitative estimate of drug-likeness (QED) is 0.327. The molecule has 0 unspecified atom stereocenters. The summed E-state index contributed by atoms with van der Waals surface area (Å²) in [5.74, 6) is 0.561. The van der Waals surface area contributed by atoms with Crippen molar-refractivity contribution in [3.05, 3.63) is 99.5 Å². The van der Waals surface area contributed by atoms with Gasteiger partial charge in [-0.2, -0.15) is 0 Å². The van der Waals surface area contributed by atoms with Gasteiger partial charge in [-0.3, -0.25) is 9.59 Å². The van der Waals surface area contributed by atoms with E-state index < -0.39 is 0 Å². The zero-order valence-electron chi connectivity index (χ0n) is 15.8. The van der Waals surface area contributed by atoms with Gasteiger partial charge in [0.2, 0.25) is 5.78 Å². The van der Waals surface area contributed by atoms with E-state index in [4.69, 9.17) is 9.47 Å². The standard InChI is InChI=1S/C24H18O4S/c1-16-20(27-22(25)15-18-10-6-14-29-18)13-12-19-23(26)21(28-24(16)19)11-5-9-17-7-3-2-4-8-17/h2-14H,15H2,1H3/b9-5+,21-11-. The Morgan fingerprint density at radius 1 is 1.10 bits per heavy atom. The van der Waals surface area contributed by atoms with Gasteiger partial charge >= 0.3 is 5.97 Å². The van der Waals surface area contributed by atoms with Crippen LogP contribution in [0.5, 0.6) is 11.5 Å². The Kier molecular flexibility index (Phi) is 5.40. The minimum absolute atomic E-state index is 0.183. The van der Waals surface area contributed by atoms with Crippen LogP contribution >= 0.6 is 11.3 Å². The second kappa shape index (κ2) is 8.29. The molecule has 0 saturated carbocycles. The molecule has 3 aromatic rings. The van der Waals surface area contributed by atoms with E-state index in [-0.39, 0.29) is 23.9 Å². The number of allylic oxidation sites excluding steroid dienone is 3. The van der Waals surface area contributed by atoms with Crippen molar-refractivity contribution in [2.45, 2.75) is 13.3 Å². The van der Waals surface area contributed by atoms with Crippen LogP contribution in [-0.4, -0.2) is 11.8 Å². The van der Waals surface area contributed by atoms with Crippen LogP contribution in [0.25, 0.3) is 6.08 Å². The second-order valence-corrected chi connectivity index (χ2v) is 7.56. The molecule has 1 aliphatic heterocycles. The molecule has 0 atom stereocenters. The smallest absolute Gasteiger partial charge is 0.316 e. The largest absolute Gasteiger partial charge is 0.452 e. The summed E-state index contributed by atoms with van der Waals surface area (Å²) in [5, 5.41) is 1.92. The van der Waals surface area contributed by atoms with Gasteiger partial charge in [-0.1, -0.05) is 48.6 Å². The SMILES string of the molecule is Cc1c(OC(=O)Cc2cccs2)ccc2c1O/C(=C\C=C\c1ccccc1)C2=O. The number of thiophene rings is 1. The number of carbonyl (C=O) groups is 2. The minimum atomic E-state index is -0.346. The number of esters is 1. The zero-order valence-corrected chi connectivity index (χ0v) is 16.6. The normalized spacial score (nSPS) is 14.2. The van der Waals surface area contributed by atoms with Crippen LogP contribution in [0.3, 0.4) is 0 Å². The van der Waals surface area contributed by atoms with E-state index in [1.54, 1.807) is 31.2 Å². The summed E-state index contributed by atoms with van der Waals surface area (Å²) in [5.41, 5.74) is 2.13. The third-order valence-corrected chi connectivity index (χ3v) is 5.37. The number of hydrogen-bond donors (Lipinski definition) is 0. The average Bonchev–Trinajstić information content (AvgIpc) is 3.34. The van der Waals surface area contributed by atoms with Crippen LogP contribution in [-0.2, 0) is 11.2 Å². The molecular formula is C24H18O4S. The maximum atomic E-state index is 12.6. The van der Waals surface area contributed by atoms with Crippen LogP contribution < -0.4 is 9.47 Å². The topological polar surface area (TPSA) is 52.6 Å². The number of carbonyl (C=O) groups excluding carboxylic acids is 2. The highest BCUT2D eigenvalue weighted by Crippen LogP contribution is 2.39. The lowest BCUT2D eigenvalue weighted by atomic mass is 10.1. The fourth-order valence-electron chi connectivity index (χ4n) is 3.02. The number of benzene rings is 2. The van der Waals surface area contributed by atoms with Crippen molar-refractivity contribution in [1.29, 1.82) is 0 Å². The van der Waals surface area contributed by atoms with Crippen molar-refractivity contribution in [3.8, 4) is 11.5 Å². The Bertz CT molecular complexity index is 1110. The first-order chi connectivity index (χ1) is 14.1. The fraction of sp³-hybridized carbons (Fsp3) is 0.0833. The molecule has 29 heavy (non-hydrogen) atoms. The molecule has 5 heteroatoms. The average molecular weight is 402 g/mol. The van der Waals surface area contributed by atoms with Crippen molar-refractivity contribution in [1.82, 2.24) is 0 Å². The Morgan fingerprint density at radius 2 is 1.93 bits per heavy atom. The number of hydrogen-bond acceptors (Lipinski definition) is 5. The minimum Gasteiger partial charge on any atom is -0.452 e. The van der Waals surface area contributed by atoms with Gasteiger partial charge in [-0.15, -0.1) is 11.3 Å². The second-order valence-electron chi connectivity index (χ2n) is 6.53. The molecule has 0 fully saturated rings. The fourth-order valence-corrected chi connectivity index (χ4v) is 3.71. The first kappa shape index (κ1) is 18.9. The van der Waals surface area contributed by atoms with Crippen molar-refractivity contribution in [3.63, 3.8) is 0 Å². The summed E-state index contributed by atoms with van der Waals surface area (Å²) < 4.78 is 11.3. The molecule has 2 heterocycles. The lowest BCUT2D eigenvalue weighted by Crippen LogP contribution is -2.11. The van der Waals surface area contributed by atoms with Gasteiger partial charge in [0, 0.05) is 10.4 Å². The highest BCUT2D eigenvalue weighted by atomic mass is 32.1. The molecule has 0 spiro atoms. The molecule has 1 aromatic heterocycles. The van der Waals surface area contributed by atoms with Gasteiger partial charge in [0.1, 0.15) is 11.5 Å². The third kappa shape index (κ3) is 4.20. The van der Waals surface area contributed by atoms with Crippen molar-refractivity contribution in [2.75, 3.05) is 0 Å². The Balaban J connectivity index is 1.50. The maximum absolute atomic E-state index is 12.6. The summed E-state index contributed by atoms with van der Waals surface area (Å²) in [6, 6.07) is 16.9. The zero-order chi connectivity index (χ0) is 20.2. The van der Waals surface area contributed by atoms with E-state index in [0.717, 1.165) is 10.4 Å². The van der Waals surface area contributed by atoms with Crippen molar-refractivity contribution >= 4 is 29.2 Å². The van der Waals surface area contributed by atoms with E-state index in [9.17, 15) is 9.59 Å². The molecule has 0 N–H and O–H groups in total. The van der Waals surface area contributed by atoms with Crippen LogP contribution in [0.1, 0.15) is 26.4 Å². The van der Waals surface area contributed by atoms with Crippen LogP contribution in [0.15, 0.2) is 77.9 Å². The van der Waals surface area contributed by atoms with Gasteiger partial charge < -0.3 is 9.47 Å². The molecule has 0 bridgehead atoms. The summed E-state index contributed by atoms with van der Waals surface area (Å²) in [6.07, 6.45) is 5.55. The molecule has 1 aliphatic rings. The lowest BCUT2D eigenvalue weighted by molar-refractivity contribution is -0.133. The molecule has 2 aromatic carbocycles. The number of Topliss-reactive ketones (excluding diaryl/α,β-unsaturated/α-hetero) is 1.